The fraction of sp³-hybridized carbons (Fsp3) is 0.435. The first-order valence-electron chi connectivity index (χ1n) is 10.8. The molecule has 2 aromatic rings. The topological polar surface area (TPSA) is 88.2 Å². The number of benzene rings is 2. The Morgan fingerprint density at radius 1 is 0.938 bits per heavy atom. The molecule has 1 saturated heterocycles. The van der Waals surface area contributed by atoms with Gasteiger partial charge in [0.15, 0.2) is 11.5 Å². The minimum atomic E-state index is -3.58. The van der Waals surface area contributed by atoms with E-state index in [9.17, 15) is 13.2 Å². The number of fused-ring (bicyclic) bond motifs is 1. The fourth-order valence-corrected chi connectivity index (χ4v) is 5.35. The first-order chi connectivity index (χ1) is 15.3. The molecule has 1 N–H and O–H groups in total. The predicted octanol–water partition coefficient (Wildman–Crippen LogP) is 2.85. The Bertz CT molecular complexity index is 1110. The average Bonchev–Trinajstić information content (AvgIpc) is 2.80. The van der Waals surface area contributed by atoms with Crippen LogP contribution in [0.4, 0.5) is 4.79 Å². The average molecular weight is 460 g/mol. The molecule has 1 atom stereocenters. The van der Waals surface area contributed by atoms with E-state index in [1.54, 1.807) is 17.0 Å². The number of sulfonamides is 1. The third-order valence-electron chi connectivity index (χ3n) is 6.05. The van der Waals surface area contributed by atoms with E-state index in [2.05, 4.69) is 5.32 Å². The predicted molar refractivity (Wildman–Crippen MR) is 121 cm³/mol. The van der Waals surface area contributed by atoms with Gasteiger partial charge in [-0.3, -0.25) is 0 Å². The maximum absolute atomic E-state index is 13.0. The quantitative estimate of drug-likeness (QED) is 0.760. The second-order valence-electron chi connectivity index (χ2n) is 8.21. The Morgan fingerprint density at radius 2 is 1.62 bits per heavy atom. The smallest absolute Gasteiger partial charge is 0.317 e. The van der Waals surface area contributed by atoms with Gasteiger partial charge in [-0.25, -0.2) is 13.2 Å². The zero-order valence-corrected chi connectivity index (χ0v) is 19.4. The first kappa shape index (κ1) is 22.4. The van der Waals surface area contributed by atoms with Crippen LogP contribution in [0.5, 0.6) is 11.5 Å². The third kappa shape index (κ3) is 4.54. The summed E-state index contributed by atoms with van der Waals surface area (Å²) in [5, 5.41) is 2.99. The van der Waals surface area contributed by atoms with Gasteiger partial charge in [0.1, 0.15) is 13.2 Å². The molecule has 0 radical (unpaired) electrons. The lowest BCUT2D eigenvalue weighted by Gasteiger charge is -2.34. The number of nitrogens with zero attached hydrogens (tertiary/aromatic N) is 2. The molecule has 9 heteroatoms. The van der Waals surface area contributed by atoms with Crippen LogP contribution in [0.2, 0.25) is 0 Å². The summed E-state index contributed by atoms with van der Waals surface area (Å²) in [7, 11) is -3.58. The molecular formula is C23H29N3O5S. The Balaban J connectivity index is 1.35. The number of rotatable bonds is 4. The highest BCUT2D eigenvalue weighted by Crippen LogP contribution is 2.32. The number of piperazine rings is 1. The molecule has 2 aliphatic heterocycles. The number of ether oxygens (including phenoxy) is 2. The zero-order chi connectivity index (χ0) is 22.9. The number of carbonyl (C=O) groups excluding carboxylic acids is 1. The van der Waals surface area contributed by atoms with E-state index in [1.165, 1.54) is 4.31 Å². The Morgan fingerprint density at radius 3 is 2.31 bits per heavy atom. The van der Waals surface area contributed by atoms with Crippen LogP contribution in [0.15, 0.2) is 41.3 Å². The van der Waals surface area contributed by atoms with E-state index in [0.717, 1.165) is 16.7 Å². The molecule has 0 aliphatic carbocycles. The molecule has 0 aromatic heterocycles. The highest BCUT2D eigenvalue weighted by molar-refractivity contribution is 7.89. The SMILES string of the molecule is Cc1ccc(S(=O)(=O)N2CCN(C(=O)N[C@@H](C)c3ccc4c(c3)OCCO4)CC2)cc1C. The maximum Gasteiger partial charge on any atom is 0.317 e. The van der Waals surface area contributed by atoms with Gasteiger partial charge in [0.2, 0.25) is 10.0 Å². The van der Waals surface area contributed by atoms with Crippen molar-refractivity contribution in [3.05, 3.63) is 53.1 Å². The lowest BCUT2D eigenvalue weighted by molar-refractivity contribution is 0.168. The maximum atomic E-state index is 13.0. The van der Waals surface area contributed by atoms with Crippen molar-refractivity contribution in [1.29, 1.82) is 0 Å². The summed E-state index contributed by atoms with van der Waals surface area (Å²) in [6, 6.07) is 10.4. The summed E-state index contributed by atoms with van der Waals surface area (Å²) >= 11 is 0. The Hall–Kier alpha value is -2.78. The van der Waals surface area contributed by atoms with Crippen molar-refractivity contribution in [3.8, 4) is 11.5 Å². The number of hydrogen-bond acceptors (Lipinski definition) is 5. The van der Waals surface area contributed by atoms with E-state index in [1.807, 2.05) is 45.0 Å². The molecule has 8 nitrogen and oxygen atoms in total. The van der Waals surface area contributed by atoms with Crippen molar-refractivity contribution >= 4 is 16.1 Å². The molecule has 2 amide bonds. The second kappa shape index (κ2) is 8.99. The molecule has 1 fully saturated rings. The van der Waals surface area contributed by atoms with Crippen LogP contribution in [0, 0.1) is 13.8 Å². The molecule has 4 rings (SSSR count). The molecule has 32 heavy (non-hydrogen) atoms. The largest absolute Gasteiger partial charge is 0.486 e. The van der Waals surface area contributed by atoms with Crippen molar-refractivity contribution < 1.29 is 22.7 Å². The van der Waals surface area contributed by atoms with Gasteiger partial charge < -0.3 is 19.7 Å². The normalized spacial score (nSPS) is 17.7. The van der Waals surface area contributed by atoms with Gasteiger partial charge in [-0.15, -0.1) is 0 Å². The van der Waals surface area contributed by atoms with E-state index in [-0.39, 0.29) is 25.2 Å². The summed E-state index contributed by atoms with van der Waals surface area (Å²) in [4.78, 5) is 14.7. The van der Waals surface area contributed by atoms with Crippen molar-refractivity contribution in [2.24, 2.45) is 0 Å². The minimum Gasteiger partial charge on any atom is -0.486 e. The van der Waals surface area contributed by atoms with Crippen LogP contribution in [0.1, 0.15) is 29.7 Å². The van der Waals surface area contributed by atoms with Crippen LogP contribution in [0.3, 0.4) is 0 Å². The molecule has 0 spiro atoms. The summed E-state index contributed by atoms with van der Waals surface area (Å²) < 4.78 is 38.6. The van der Waals surface area contributed by atoms with Gasteiger partial charge >= 0.3 is 6.03 Å². The van der Waals surface area contributed by atoms with Gasteiger partial charge in [0.25, 0.3) is 0 Å². The Labute approximate surface area is 189 Å². The van der Waals surface area contributed by atoms with Crippen molar-refractivity contribution in [2.75, 3.05) is 39.4 Å². The number of amides is 2. The molecule has 0 saturated carbocycles. The molecule has 0 bridgehead atoms. The molecule has 2 aromatic carbocycles. The van der Waals surface area contributed by atoms with Gasteiger partial charge in [-0.05, 0) is 61.7 Å². The number of nitrogens with one attached hydrogen (secondary N) is 1. The van der Waals surface area contributed by atoms with Crippen LogP contribution < -0.4 is 14.8 Å². The standard InChI is InChI=1S/C23H29N3O5S/c1-16-4-6-20(14-17(16)2)32(28,29)26-10-8-25(9-11-26)23(27)24-18(3)19-5-7-21-22(15-19)31-13-12-30-21/h4-7,14-15,18H,8-13H2,1-3H3,(H,24,27)/t18-/m0/s1. The third-order valence-corrected chi connectivity index (χ3v) is 7.94. The van der Waals surface area contributed by atoms with Crippen LogP contribution >= 0.6 is 0 Å². The van der Waals surface area contributed by atoms with Gasteiger partial charge in [0.05, 0.1) is 10.9 Å². The van der Waals surface area contributed by atoms with E-state index < -0.39 is 10.0 Å². The molecule has 2 heterocycles. The van der Waals surface area contributed by atoms with Gasteiger partial charge in [-0.2, -0.15) is 4.31 Å². The number of hydrogen-bond donors (Lipinski definition) is 1. The zero-order valence-electron chi connectivity index (χ0n) is 18.6. The van der Waals surface area contributed by atoms with E-state index >= 15 is 0 Å². The van der Waals surface area contributed by atoms with Crippen molar-refractivity contribution in [3.63, 3.8) is 0 Å². The van der Waals surface area contributed by atoms with Crippen molar-refractivity contribution in [1.82, 2.24) is 14.5 Å². The summed E-state index contributed by atoms with van der Waals surface area (Å²) in [5.41, 5.74) is 2.91. The second-order valence-corrected chi connectivity index (χ2v) is 10.1. The highest BCUT2D eigenvalue weighted by Gasteiger charge is 2.30. The molecule has 172 valence electrons. The summed E-state index contributed by atoms with van der Waals surface area (Å²) in [5.74, 6) is 1.39. The monoisotopic (exact) mass is 459 g/mol. The fourth-order valence-electron chi connectivity index (χ4n) is 3.84. The van der Waals surface area contributed by atoms with Crippen LogP contribution in [-0.2, 0) is 10.0 Å². The number of urea groups is 1. The lowest BCUT2D eigenvalue weighted by Crippen LogP contribution is -2.53. The van der Waals surface area contributed by atoms with E-state index in [0.29, 0.717) is 42.7 Å². The molecule has 2 aliphatic rings. The number of aryl methyl sites for hydroxylation is 2. The lowest BCUT2D eigenvalue weighted by atomic mass is 10.1. The minimum absolute atomic E-state index is 0.212. The molecular weight excluding hydrogens is 430 g/mol. The Kier molecular flexibility index (Phi) is 6.30. The summed E-state index contributed by atoms with van der Waals surface area (Å²) in [6.07, 6.45) is 0. The van der Waals surface area contributed by atoms with Crippen LogP contribution in [0.25, 0.3) is 0 Å². The molecule has 0 unspecified atom stereocenters. The van der Waals surface area contributed by atoms with Gasteiger partial charge in [0, 0.05) is 26.2 Å². The number of carbonyl (C=O) groups is 1. The van der Waals surface area contributed by atoms with Crippen molar-refractivity contribution in [2.45, 2.75) is 31.7 Å². The van der Waals surface area contributed by atoms with E-state index in [4.69, 9.17) is 9.47 Å². The van der Waals surface area contributed by atoms with Gasteiger partial charge in [-0.1, -0.05) is 12.1 Å². The highest BCUT2D eigenvalue weighted by atomic mass is 32.2. The first-order valence-corrected chi connectivity index (χ1v) is 12.2. The summed E-state index contributed by atoms with van der Waals surface area (Å²) in [6.45, 7) is 8.00. The van der Waals surface area contributed by atoms with Crippen LogP contribution in [-0.4, -0.2) is 63.0 Å².